The van der Waals surface area contributed by atoms with Gasteiger partial charge >= 0.3 is 5.97 Å². The van der Waals surface area contributed by atoms with Gasteiger partial charge in [-0.2, -0.15) is 0 Å². The third-order valence-corrected chi connectivity index (χ3v) is 3.83. The maximum Gasteiger partial charge on any atom is 0.335 e. The standard InChI is InChI=1S/C12H14BrNO2/c1-14(9-3-2-4-9)11-6-5-8(12(15)16)7-10(11)13/h5-7,9H,2-4H2,1H3,(H,15,16). The molecule has 2 rings (SSSR count). The molecule has 0 aromatic heterocycles. The van der Waals surface area contributed by atoms with Crippen molar-refractivity contribution in [3.63, 3.8) is 0 Å². The molecule has 0 atom stereocenters. The number of rotatable bonds is 3. The summed E-state index contributed by atoms with van der Waals surface area (Å²) < 4.78 is 0.849. The lowest BCUT2D eigenvalue weighted by atomic mass is 9.91. The first kappa shape index (κ1) is 11.5. The van der Waals surface area contributed by atoms with E-state index in [4.69, 9.17) is 5.11 Å². The minimum atomic E-state index is -0.890. The van der Waals surface area contributed by atoms with Crippen LogP contribution < -0.4 is 4.90 Å². The van der Waals surface area contributed by atoms with Crippen LogP contribution in [0.25, 0.3) is 0 Å². The van der Waals surface area contributed by atoms with Gasteiger partial charge in [0.15, 0.2) is 0 Å². The number of benzene rings is 1. The van der Waals surface area contributed by atoms with Crippen LogP contribution in [0.3, 0.4) is 0 Å². The number of hydrogen-bond acceptors (Lipinski definition) is 2. The van der Waals surface area contributed by atoms with Crippen molar-refractivity contribution in [2.45, 2.75) is 25.3 Å². The number of hydrogen-bond donors (Lipinski definition) is 1. The summed E-state index contributed by atoms with van der Waals surface area (Å²) in [6.07, 6.45) is 3.74. The number of carboxylic acids is 1. The Morgan fingerprint density at radius 1 is 1.50 bits per heavy atom. The second-order valence-electron chi connectivity index (χ2n) is 4.17. The number of halogens is 1. The summed E-state index contributed by atoms with van der Waals surface area (Å²) in [5.74, 6) is -0.890. The molecule has 0 spiro atoms. The van der Waals surface area contributed by atoms with Gasteiger partial charge < -0.3 is 10.0 Å². The topological polar surface area (TPSA) is 40.5 Å². The van der Waals surface area contributed by atoms with Gasteiger partial charge in [0.2, 0.25) is 0 Å². The Kier molecular flexibility index (Phi) is 3.19. The number of aromatic carboxylic acids is 1. The zero-order chi connectivity index (χ0) is 11.7. The smallest absolute Gasteiger partial charge is 0.335 e. The molecule has 0 unspecified atom stereocenters. The Bertz CT molecular complexity index is 415. The fraction of sp³-hybridized carbons (Fsp3) is 0.417. The summed E-state index contributed by atoms with van der Waals surface area (Å²) in [6.45, 7) is 0. The molecule has 86 valence electrons. The largest absolute Gasteiger partial charge is 0.478 e. The highest BCUT2D eigenvalue weighted by Gasteiger charge is 2.23. The summed E-state index contributed by atoms with van der Waals surface area (Å²) in [6, 6.07) is 5.78. The van der Waals surface area contributed by atoms with Gasteiger partial charge in [-0.25, -0.2) is 4.79 Å². The van der Waals surface area contributed by atoms with E-state index in [2.05, 4.69) is 27.9 Å². The molecule has 0 bridgehead atoms. The molecule has 0 aliphatic heterocycles. The number of carbonyl (C=O) groups is 1. The lowest BCUT2D eigenvalue weighted by molar-refractivity contribution is 0.0697. The fourth-order valence-electron chi connectivity index (χ4n) is 1.90. The number of carboxylic acid groups (broad SMARTS) is 1. The molecule has 4 heteroatoms. The molecule has 0 heterocycles. The lowest BCUT2D eigenvalue weighted by Gasteiger charge is -2.36. The van der Waals surface area contributed by atoms with Gasteiger partial charge in [-0.3, -0.25) is 0 Å². The average molecular weight is 284 g/mol. The molecule has 1 saturated carbocycles. The first-order chi connectivity index (χ1) is 7.59. The highest BCUT2D eigenvalue weighted by molar-refractivity contribution is 9.10. The van der Waals surface area contributed by atoms with Crippen LogP contribution in [0.5, 0.6) is 0 Å². The molecule has 1 aliphatic carbocycles. The second kappa shape index (κ2) is 4.45. The van der Waals surface area contributed by atoms with Crippen molar-refractivity contribution in [3.8, 4) is 0 Å². The summed E-state index contributed by atoms with van der Waals surface area (Å²) in [4.78, 5) is 13.0. The predicted molar refractivity (Wildman–Crippen MR) is 67.1 cm³/mol. The monoisotopic (exact) mass is 283 g/mol. The molecule has 0 radical (unpaired) electrons. The molecule has 3 nitrogen and oxygen atoms in total. The molecule has 0 saturated heterocycles. The molecule has 1 aromatic rings. The number of anilines is 1. The van der Waals surface area contributed by atoms with E-state index in [-0.39, 0.29) is 0 Å². The molecule has 1 N–H and O–H groups in total. The van der Waals surface area contributed by atoms with Crippen molar-refractivity contribution in [1.82, 2.24) is 0 Å². The third kappa shape index (κ3) is 2.07. The van der Waals surface area contributed by atoms with Gasteiger partial charge in [0.25, 0.3) is 0 Å². The number of nitrogens with zero attached hydrogens (tertiary/aromatic N) is 1. The molecule has 1 fully saturated rings. The third-order valence-electron chi connectivity index (χ3n) is 3.20. The van der Waals surface area contributed by atoms with Crippen LogP contribution in [0.1, 0.15) is 29.6 Å². The van der Waals surface area contributed by atoms with Crippen molar-refractivity contribution in [2.75, 3.05) is 11.9 Å². The Morgan fingerprint density at radius 2 is 2.19 bits per heavy atom. The summed E-state index contributed by atoms with van der Waals surface area (Å²) >= 11 is 3.43. The summed E-state index contributed by atoms with van der Waals surface area (Å²) in [7, 11) is 2.06. The first-order valence-electron chi connectivity index (χ1n) is 5.35. The van der Waals surface area contributed by atoms with Crippen LogP contribution in [0, 0.1) is 0 Å². The van der Waals surface area contributed by atoms with Gasteiger partial charge in [-0.15, -0.1) is 0 Å². The Morgan fingerprint density at radius 3 is 2.62 bits per heavy atom. The van der Waals surface area contributed by atoms with Crippen molar-refractivity contribution in [3.05, 3.63) is 28.2 Å². The van der Waals surface area contributed by atoms with E-state index in [1.54, 1.807) is 12.1 Å². The second-order valence-corrected chi connectivity index (χ2v) is 5.02. The Labute approximate surface area is 103 Å². The van der Waals surface area contributed by atoms with Crippen LogP contribution in [0.4, 0.5) is 5.69 Å². The molecular weight excluding hydrogens is 270 g/mol. The Balaban J connectivity index is 2.24. The van der Waals surface area contributed by atoms with Crippen molar-refractivity contribution >= 4 is 27.6 Å². The molecule has 16 heavy (non-hydrogen) atoms. The van der Waals surface area contributed by atoms with E-state index < -0.39 is 5.97 Å². The highest BCUT2D eigenvalue weighted by Crippen LogP contribution is 2.33. The van der Waals surface area contributed by atoms with Gasteiger partial charge in [0.05, 0.1) is 11.3 Å². The molecular formula is C12H14BrNO2. The van der Waals surface area contributed by atoms with Crippen LogP contribution in [-0.4, -0.2) is 24.2 Å². The van der Waals surface area contributed by atoms with E-state index in [9.17, 15) is 4.79 Å². The van der Waals surface area contributed by atoms with E-state index >= 15 is 0 Å². The van der Waals surface area contributed by atoms with Crippen molar-refractivity contribution in [1.29, 1.82) is 0 Å². The SMILES string of the molecule is CN(c1ccc(C(=O)O)cc1Br)C1CCC1. The zero-order valence-electron chi connectivity index (χ0n) is 9.11. The van der Waals surface area contributed by atoms with E-state index in [0.717, 1.165) is 10.2 Å². The summed E-state index contributed by atoms with van der Waals surface area (Å²) in [5.41, 5.74) is 1.38. The molecule has 1 aliphatic rings. The minimum Gasteiger partial charge on any atom is -0.478 e. The lowest BCUT2D eigenvalue weighted by Crippen LogP contribution is -2.37. The molecule has 1 aromatic carbocycles. The normalized spacial score (nSPS) is 15.6. The zero-order valence-corrected chi connectivity index (χ0v) is 10.7. The highest BCUT2D eigenvalue weighted by atomic mass is 79.9. The van der Waals surface area contributed by atoms with E-state index in [1.807, 2.05) is 6.07 Å². The van der Waals surface area contributed by atoms with E-state index in [1.165, 1.54) is 19.3 Å². The maximum absolute atomic E-state index is 10.8. The van der Waals surface area contributed by atoms with Crippen LogP contribution in [0.15, 0.2) is 22.7 Å². The van der Waals surface area contributed by atoms with Crippen LogP contribution in [-0.2, 0) is 0 Å². The van der Waals surface area contributed by atoms with E-state index in [0.29, 0.717) is 11.6 Å². The average Bonchev–Trinajstić information content (AvgIpc) is 2.14. The fourth-order valence-corrected chi connectivity index (χ4v) is 2.56. The maximum atomic E-state index is 10.8. The Hall–Kier alpha value is -1.03. The van der Waals surface area contributed by atoms with Crippen LogP contribution in [0.2, 0.25) is 0 Å². The van der Waals surface area contributed by atoms with Crippen molar-refractivity contribution in [2.24, 2.45) is 0 Å². The quantitative estimate of drug-likeness (QED) is 0.927. The predicted octanol–water partition coefficient (Wildman–Crippen LogP) is 3.14. The molecule has 0 amide bonds. The first-order valence-corrected chi connectivity index (χ1v) is 6.14. The van der Waals surface area contributed by atoms with Gasteiger partial charge in [0.1, 0.15) is 0 Å². The van der Waals surface area contributed by atoms with Gasteiger partial charge in [0, 0.05) is 17.6 Å². The minimum absolute atomic E-state index is 0.317. The van der Waals surface area contributed by atoms with Gasteiger partial charge in [-0.1, -0.05) is 0 Å². The van der Waals surface area contributed by atoms with Gasteiger partial charge in [-0.05, 0) is 53.4 Å². The van der Waals surface area contributed by atoms with Crippen LogP contribution >= 0.6 is 15.9 Å². The van der Waals surface area contributed by atoms with Crippen molar-refractivity contribution < 1.29 is 9.90 Å². The summed E-state index contributed by atoms with van der Waals surface area (Å²) in [5, 5.41) is 8.87.